The molecule has 1 aliphatic rings. The Morgan fingerprint density at radius 1 is 1.03 bits per heavy atom. The molecule has 184 valence electrons. The van der Waals surface area contributed by atoms with Crippen LogP contribution in [0.4, 0.5) is 0 Å². The fraction of sp³-hybridized carbons (Fsp3) is 0.500. The second-order valence-electron chi connectivity index (χ2n) is 9.10. The van der Waals surface area contributed by atoms with Crippen molar-refractivity contribution >= 4 is 11.8 Å². The number of amides is 2. The minimum absolute atomic E-state index is 0.0344. The van der Waals surface area contributed by atoms with Crippen molar-refractivity contribution in [1.29, 1.82) is 0 Å². The molecule has 1 aliphatic carbocycles. The molecule has 1 fully saturated rings. The topological polar surface area (TPSA) is 67.9 Å². The largest absolute Gasteiger partial charge is 0.497 e. The number of benzene rings is 2. The molecule has 6 nitrogen and oxygen atoms in total. The molecule has 0 bridgehead atoms. The third-order valence-corrected chi connectivity index (χ3v) is 6.58. The van der Waals surface area contributed by atoms with E-state index in [-0.39, 0.29) is 17.9 Å². The Bertz CT molecular complexity index is 922. The van der Waals surface area contributed by atoms with Crippen molar-refractivity contribution in [3.8, 4) is 11.5 Å². The maximum absolute atomic E-state index is 13.3. The molecule has 1 saturated carbocycles. The van der Waals surface area contributed by atoms with E-state index >= 15 is 0 Å². The normalized spacial score (nSPS) is 14.8. The summed E-state index contributed by atoms with van der Waals surface area (Å²) in [4.78, 5) is 28.0. The van der Waals surface area contributed by atoms with Crippen LogP contribution in [0.2, 0.25) is 0 Å². The Hall–Kier alpha value is -3.02. The van der Waals surface area contributed by atoms with E-state index < -0.39 is 6.04 Å². The summed E-state index contributed by atoms with van der Waals surface area (Å²) in [6.07, 6.45) is 6.48. The molecular weight excluding hydrogens is 428 g/mol. The van der Waals surface area contributed by atoms with Crippen LogP contribution in [0.3, 0.4) is 0 Å². The molecule has 0 spiro atoms. The first kappa shape index (κ1) is 25.6. The van der Waals surface area contributed by atoms with Crippen LogP contribution >= 0.6 is 0 Å². The van der Waals surface area contributed by atoms with E-state index in [4.69, 9.17) is 9.47 Å². The van der Waals surface area contributed by atoms with Gasteiger partial charge < -0.3 is 19.7 Å². The second-order valence-corrected chi connectivity index (χ2v) is 9.10. The summed E-state index contributed by atoms with van der Waals surface area (Å²) in [7, 11) is 1.63. The maximum Gasteiger partial charge on any atom is 0.242 e. The summed E-state index contributed by atoms with van der Waals surface area (Å²) in [5, 5.41) is 3.18. The molecule has 0 saturated heterocycles. The van der Waals surface area contributed by atoms with Crippen LogP contribution in [0.25, 0.3) is 0 Å². The minimum atomic E-state index is -0.531. The molecule has 2 aromatic carbocycles. The van der Waals surface area contributed by atoms with Crippen LogP contribution in [-0.2, 0) is 16.1 Å². The third-order valence-electron chi connectivity index (χ3n) is 6.58. The summed E-state index contributed by atoms with van der Waals surface area (Å²) >= 11 is 0. The Kier molecular flexibility index (Phi) is 9.80. The van der Waals surface area contributed by atoms with Crippen LogP contribution in [0.5, 0.6) is 11.5 Å². The van der Waals surface area contributed by atoms with Gasteiger partial charge in [-0.15, -0.1) is 0 Å². The lowest BCUT2D eigenvalue weighted by atomic mass is 9.95. The highest BCUT2D eigenvalue weighted by molar-refractivity contribution is 5.87. The number of nitrogens with one attached hydrogen (secondary N) is 1. The van der Waals surface area contributed by atoms with E-state index in [1.165, 1.54) is 6.42 Å². The number of hydrogen-bond donors (Lipinski definition) is 1. The van der Waals surface area contributed by atoms with E-state index in [0.29, 0.717) is 26.0 Å². The summed E-state index contributed by atoms with van der Waals surface area (Å²) in [5.41, 5.74) is 2.17. The summed E-state index contributed by atoms with van der Waals surface area (Å²) in [5.74, 6) is 1.41. The van der Waals surface area contributed by atoms with Gasteiger partial charge in [-0.25, -0.2) is 0 Å². The lowest BCUT2D eigenvalue weighted by Gasteiger charge is -2.31. The highest BCUT2D eigenvalue weighted by Crippen LogP contribution is 2.20. The lowest BCUT2D eigenvalue weighted by molar-refractivity contribution is -0.141. The average Bonchev–Trinajstić information content (AvgIpc) is 2.86. The van der Waals surface area contributed by atoms with Crippen molar-refractivity contribution in [2.75, 3.05) is 13.7 Å². The van der Waals surface area contributed by atoms with Crippen molar-refractivity contribution in [2.24, 2.45) is 0 Å². The molecule has 34 heavy (non-hydrogen) atoms. The third kappa shape index (κ3) is 7.51. The van der Waals surface area contributed by atoms with Crippen molar-refractivity contribution < 1.29 is 19.1 Å². The van der Waals surface area contributed by atoms with Crippen molar-refractivity contribution in [2.45, 2.75) is 77.4 Å². The van der Waals surface area contributed by atoms with E-state index in [1.807, 2.05) is 62.4 Å². The standard InChI is InChI=1S/C28H38N2O4/c1-21-10-7-8-11-23(21)20-30(22(2)28(32)29-24-12-5-4-6-13-24)27(31)14-9-19-34-26-17-15-25(33-3)16-18-26/h7-8,10-11,15-18,22,24H,4-6,9,12-14,19-20H2,1-3H3,(H,29,32)/t22-/m0/s1. The van der Waals surface area contributed by atoms with Gasteiger partial charge in [0.25, 0.3) is 0 Å². The van der Waals surface area contributed by atoms with Gasteiger partial charge in [0.1, 0.15) is 17.5 Å². The first-order valence-electron chi connectivity index (χ1n) is 12.4. The van der Waals surface area contributed by atoms with Crippen LogP contribution in [0.1, 0.15) is 63.0 Å². The van der Waals surface area contributed by atoms with E-state index in [2.05, 4.69) is 5.32 Å². The quantitative estimate of drug-likeness (QED) is 0.472. The first-order chi connectivity index (χ1) is 16.5. The fourth-order valence-corrected chi connectivity index (χ4v) is 4.35. The van der Waals surface area contributed by atoms with Crippen molar-refractivity contribution in [1.82, 2.24) is 10.2 Å². The number of carbonyl (C=O) groups is 2. The molecule has 0 aromatic heterocycles. The molecule has 1 atom stereocenters. The molecular formula is C28H38N2O4. The van der Waals surface area contributed by atoms with Gasteiger partial charge >= 0.3 is 0 Å². The van der Waals surface area contributed by atoms with E-state index in [9.17, 15) is 9.59 Å². The molecule has 0 radical (unpaired) electrons. The number of nitrogens with zero attached hydrogens (tertiary/aromatic N) is 1. The first-order valence-corrected chi connectivity index (χ1v) is 12.4. The molecule has 6 heteroatoms. The predicted molar refractivity (Wildman–Crippen MR) is 134 cm³/mol. The predicted octanol–water partition coefficient (Wildman–Crippen LogP) is 5.03. The molecule has 3 rings (SSSR count). The van der Waals surface area contributed by atoms with Crippen molar-refractivity contribution in [3.63, 3.8) is 0 Å². The number of methoxy groups -OCH3 is 1. The van der Waals surface area contributed by atoms with Gasteiger partial charge in [0.05, 0.1) is 13.7 Å². The van der Waals surface area contributed by atoms with Gasteiger partial charge in [-0.05, 0) is 68.5 Å². The molecule has 2 amide bonds. The molecule has 0 heterocycles. The Morgan fingerprint density at radius 2 is 1.71 bits per heavy atom. The average molecular weight is 467 g/mol. The summed E-state index contributed by atoms with van der Waals surface area (Å²) < 4.78 is 10.9. The highest BCUT2D eigenvalue weighted by atomic mass is 16.5. The molecule has 0 unspecified atom stereocenters. The fourth-order valence-electron chi connectivity index (χ4n) is 4.35. The molecule has 0 aliphatic heterocycles. The van der Waals surface area contributed by atoms with Gasteiger partial charge in [0, 0.05) is 19.0 Å². The molecule has 2 aromatic rings. The Morgan fingerprint density at radius 3 is 2.38 bits per heavy atom. The van der Waals surface area contributed by atoms with Crippen LogP contribution in [0.15, 0.2) is 48.5 Å². The maximum atomic E-state index is 13.3. The monoisotopic (exact) mass is 466 g/mol. The Labute approximate surface area is 203 Å². The van der Waals surface area contributed by atoms with Crippen LogP contribution in [-0.4, -0.2) is 42.5 Å². The smallest absolute Gasteiger partial charge is 0.242 e. The van der Waals surface area contributed by atoms with Crippen molar-refractivity contribution in [3.05, 3.63) is 59.7 Å². The lowest BCUT2D eigenvalue weighted by Crippen LogP contribution is -2.50. The van der Waals surface area contributed by atoms with Gasteiger partial charge in [0.2, 0.25) is 11.8 Å². The highest BCUT2D eigenvalue weighted by Gasteiger charge is 2.28. The van der Waals surface area contributed by atoms with Crippen LogP contribution < -0.4 is 14.8 Å². The number of ether oxygens (including phenoxy) is 2. The summed E-state index contributed by atoms with van der Waals surface area (Å²) in [6.45, 7) is 4.72. The van der Waals surface area contributed by atoms with E-state index in [0.717, 1.165) is 48.3 Å². The zero-order valence-corrected chi connectivity index (χ0v) is 20.7. The number of hydrogen-bond acceptors (Lipinski definition) is 4. The van der Waals surface area contributed by atoms with Gasteiger partial charge in [-0.3, -0.25) is 9.59 Å². The molecule has 1 N–H and O–H groups in total. The van der Waals surface area contributed by atoms with Gasteiger partial charge in [0.15, 0.2) is 0 Å². The SMILES string of the molecule is COc1ccc(OCCCC(=O)N(Cc2ccccc2C)[C@@H](C)C(=O)NC2CCCCC2)cc1. The summed E-state index contributed by atoms with van der Waals surface area (Å²) in [6, 6.07) is 15.1. The van der Waals surface area contributed by atoms with Gasteiger partial charge in [-0.1, -0.05) is 43.5 Å². The minimum Gasteiger partial charge on any atom is -0.497 e. The number of aryl methyl sites for hydroxylation is 1. The zero-order valence-electron chi connectivity index (χ0n) is 20.7. The van der Waals surface area contributed by atoms with Gasteiger partial charge in [-0.2, -0.15) is 0 Å². The number of carbonyl (C=O) groups excluding carboxylic acids is 2. The second kappa shape index (κ2) is 13.0. The number of rotatable bonds is 11. The zero-order chi connectivity index (χ0) is 24.3. The van der Waals surface area contributed by atoms with Crippen LogP contribution in [0, 0.1) is 6.92 Å². The Balaban J connectivity index is 1.59. The van der Waals surface area contributed by atoms with E-state index in [1.54, 1.807) is 12.0 Å².